The molecule has 5 heteroatoms. The predicted octanol–water partition coefficient (Wildman–Crippen LogP) is 3.14. The highest BCUT2D eigenvalue weighted by Gasteiger charge is 2.45. The van der Waals surface area contributed by atoms with Gasteiger partial charge in [0.25, 0.3) is 0 Å². The lowest BCUT2D eigenvalue weighted by molar-refractivity contribution is -0.132. The fourth-order valence-electron chi connectivity index (χ4n) is 4.20. The molecular formula is C20H25NO4. The summed E-state index contributed by atoms with van der Waals surface area (Å²) in [5, 5.41) is 0. The lowest BCUT2D eigenvalue weighted by Gasteiger charge is -2.45. The molecule has 1 fully saturated rings. The molecule has 0 bridgehead atoms. The summed E-state index contributed by atoms with van der Waals surface area (Å²) < 4.78 is 12.6. The summed E-state index contributed by atoms with van der Waals surface area (Å²) in [6, 6.07) is 3.75. The first kappa shape index (κ1) is 16.4. The van der Waals surface area contributed by atoms with Crippen LogP contribution in [0.4, 0.5) is 0 Å². The quantitative estimate of drug-likeness (QED) is 0.726. The average Bonchev–Trinajstić information content (AvgIpc) is 2.53. The summed E-state index contributed by atoms with van der Waals surface area (Å²) in [7, 11) is 0. The highest BCUT2D eigenvalue weighted by molar-refractivity contribution is 6.01. The first-order valence-corrected chi connectivity index (χ1v) is 9.11. The third-order valence-electron chi connectivity index (χ3n) is 5.80. The molecule has 0 atom stereocenters. The van der Waals surface area contributed by atoms with E-state index >= 15 is 0 Å². The number of fused-ring (bicyclic) bond motifs is 3. The normalized spacial score (nSPS) is 23.3. The molecule has 5 nitrogen and oxygen atoms in total. The van der Waals surface area contributed by atoms with Gasteiger partial charge < -0.3 is 14.4 Å². The third-order valence-corrected chi connectivity index (χ3v) is 5.80. The van der Waals surface area contributed by atoms with Gasteiger partial charge in [0.1, 0.15) is 22.7 Å². The Morgan fingerprint density at radius 3 is 2.52 bits per heavy atom. The number of amides is 1. The Labute approximate surface area is 148 Å². The number of benzene rings is 1. The number of hydrogen-bond donors (Lipinski definition) is 0. The maximum absolute atomic E-state index is 12.8. The molecule has 0 aromatic heterocycles. The van der Waals surface area contributed by atoms with Gasteiger partial charge in [-0.1, -0.05) is 0 Å². The number of Topliss-reactive ketones (excluding diaryl/α,β-unsaturated/α-hetero) is 1. The number of ether oxygens (including phenoxy) is 2. The summed E-state index contributed by atoms with van der Waals surface area (Å²) in [6.45, 7) is 7.06. The van der Waals surface area contributed by atoms with Gasteiger partial charge in [-0.25, -0.2) is 0 Å². The summed E-state index contributed by atoms with van der Waals surface area (Å²) >= 11 is 0. The van der Waals surface area contributed by atoms with Gasteiger partial charge in [0.05, 0.1) is 12.0 Å². The van der Waals surface area contributed by atoms with Crippen molar-refractivity contribution in [3.05, 3.63) is 23.3 Å². The molecule has 4 rings (SSSR count). The molecule has 1 aromatic carbocycles. The molecule has 0 saturated carbocycles. The Bertz CT molecular complexity index is 744. The average molecular weight is 343 g/mol. The molecule has 0 aliphatic carbocycles. The van der Waals surface area contributed by atoms with E-state index in [-0.39, 0.29) is 17.3 Å². The van der Waals surface area contributed by atoms with E-state index in [0.717, 1.165) is 29.9 Å². The van der Waals surface area contributed by atoms with Gasteiger partial charge in [0.15, 0.2) is 5.78 Å². The highest BCUT2D eigenvalue weighted by Crippen LogP contribution is 2.46. The second kappa shape index (κ2) is 5.48. The van der Waals surface area contributed by atoms with Crippen LogP contribution in [0.2, 0.25) is 0 Å². The lowest BCUT2D eigenvalue weighted by atomic mass is 9.81. The number of carbonyl (C=O) groups is 2. The van der Waals surface area contributed by atoms with Crippen LogP contribution in [0.15, 0.2) is 12.1 Å². The van der Waals surface area contributed by atoms with Gasteiger partial charge in [0, 0.05) is 38.4 Å². The van der Waals surface area contributed by atoms with Crippen molar-refractivity contribution in [3.63, 3.8) is 0 Å². The zero-order valence-electron chi connectivity index (χ0n) is 15.2. The maximum Gasteiger partial charge on any atom is 0.219 e. The topological polar surface area (TPSA) is 55.8 Å². The monoisotopic (exact) mass is 343 g/mol. The standard InChI is InChI=1S/C20H25NO4/c1-13(22)21-10-8-20(9-11-21)12-16(23)14-4-5-17-15(18(14)25-20)6-7-19(2,3)24-17/h4-5H,6-12H2,1-3H3. The fraction of sp³-hybridized carbons (Fsp3) is 0.600. The Morgan fingerprint density at radius 2 is 1.84 bits per heavy atom. The first-order valence-electron chi connectivity index (χ1n) is 9.11. The van der Waals surface area contributed by atoms with E-state index in [1.54, 1.807) is 6.92 Å². The molecule has 3 aliphatic heterocycles. The van der Waals surface area contributed by atoms with E-state index in [0.29, 0.717) is 37.9 Å². The fourth-order valence-corrected chi connectivity index (χ4v) is 4.20. The Hall–Kier alpha value is -2.04. The van der Waals surface area contributed by atoms with Gasteiger partial charge in [0.2, 0.25) is 5.91 Å². The van der Waals surface area contributed by atoms with E-state index in [2.05, 4.69) is 13.8 Å². The van der Waals surface area contributed by atoms with Crippen LogP contribution in [0.5, 0.6) is 11.5 Å². The van der Waals surface area contributed by atoms with Crippen molar-refractivity contribution in [2.24, 2.45) is 0 Å². The molecular weight excluding hydrogens is 318 g/mol. The minimum absolute atomic E-state index is 0.0883. The maximum atomic E-state index is 12.8. The van der Waals surface area contributed by atoms with Crippen LogP contribution in [0.1, 0.15) is 62.4 Å². The molecule has 25 heavy (non-hydrogen) atoms. The van der Waals surface area contributed by atoms with E-state index in [1.807, 2.05) is 17.0 Å². The summed E-state index contributed by atoms with van der Waals surface area (Å²) in [6.07, 6.45) is 3.56. The highest BCUT2D eigenvalue weighted by atomic mass is 16.5. The Morgan fingerprint density at radius 1 is 1.12 bits per heavy atom. The SMILES string of the molecule is CC(=O)N1CCC2(CC1)CC(=O)c1ccc3c(c1O2)CCC(C)(C)O3. The smallest absolute Gasteiger partial charge is 0.219 e. The second-order valence-electron chi connectivity index (χ2n) is 8.17. The van der Waals surface area contributed by atoms with Crippen molar-refractivity contribution in [2.75, 3.05) is 13.1 Å². The van der Waals surface area contributed by atoms with Crippen molar-refractivity contribution < 1.29 is 19.1 Å². The van der Waals surface area contributed by atoms with Crippen LogP contribution in [0.25, 0.3) is 0 Å². The number of likely N-dealkylation sites (tertiary alicyclic amines) is 1. The summed E-state index contributed by atoms with van der Waals surface area (Å²) in [4.78, 5) is 26.2. The second-order valence-corrected chi connectivity index (χ2v) is 8.17. The molecule has 1 aromatic rings. The van der Waals surface area contributed by atoms with Crippen LogP contribution < -0.4 is 9.47 Å². The molecule has 1 saturated heterocycles. The lowest BCUT2D eigenvalue weighted by Crippen LogP contribution is -2.52. The number of carbonyl (C=O) groups excluding carboxylic acids is 2. The van der Waals surface area contributed by atoms with E-state index < -0.39 is 5.60 Å². The number of hydrogen-bond acceptors (Lipinski definition) is 4. The molecule has 0 N–H and O–H groups in total. The Balaban J connectivity index is 1.66. The number of ketones is 1. The number of rotatable bonds is 0. The van der Waals surface area contributed by atoms with Gasteiger partial charge in [-0.2, -0.15) is 0 Å². The van der Waals surface area contributed by atoms with Crippen LogP contribution in [-0.4, -0.2) is 40.9 Å². The first-order chi connectivity index (χ1) is 11.8. The van der Waals surface area contributed by atoms with Gasteiger partial charge in [-0.3, -0.25) is 9.59 Å². The van der Waals surface area contributed by atoms with Gasteiger partial charge in [-0.05, 0) is 38.8 Å². The number of nitrogens with zero attached hydrogens (tertiary/aromatic N) is 1. The molecule has 0 unspecified atom stereocenters. The van der Waals surface area contributed by atoms with Crippen LogP contribution in [0, 0.1) is 0 Å². The van der Waals surface area contributed by atoms with E-state index in [9.17, 15) is 9.59 Å². The van der Waals surface area contributed by atoms with Crippen LogP contribution >= 0.6 is 0 Å². The molecule has 1 amide bonds. The van der Waals surface area contributed by atoms with Crippen molar-refractivity contribution in [1.82, 2.24) is 4.90 Å². The molecule has 3 aliphatic rings. The molecule has 3 heterocycles. The van der Waals surface area contributed by atoms with E-state index in [4.69, 9.17) is 9.47 Å². The van der Waals surface area contributed by atoms with Gasteiger partial charge >= 0.3 is 0 Å². The largest absolute Gasteiger partial charge is 0.487 e. The van der Waals surface area contributed by atoms with Crippen LogP contribution in [0.3, 0.4) is 0 Å². The minimum atomic E-state index is -0.474. The number of piperidine rings is 1. The molecule has 1 spiro atoms. The van der Waals surface area contributed by atoms with Crippen LogP contribution in [-0.2, 0) is 11.2 Å². The molecule has 134 valence electrons. The van der Waals surface area contributed by atoms with E-state index in [1.165, 1.54) is 0 Å². The van der Waals surface area contributed by atoms with Gasteiger partial charge in [-0.15, -0.1) is 0 Å². The van der Waals surface area contributed by atoms with Crippen molar-refractivity contribution in [1.29, 1.82) is 0 Å². The minimum Gasteiger partial charge on any atom is -0.487 e. The molecule has 0 radical (unpaired) electrons. The summed E-state index contributed by atoms with van der Waals surface area (Å²) in [5.41, 5.74) is 1.04. The summed E-state index contributed by atoms with van der Waals surface area (Å²) in [5.74, 6) is 1.79. The van der Waals surface area contributed by atoms with Crippen molar-refractivity contribution in [2.45, 2.75) is 64.1 Å². The zero-order chi connectivity index (χ0) is 17.8. The van der Waals surface area contributed by atoms with Crippen molar-refractivity contribution in [3.8, 4) is 11.5 Å². The Kier molecular flexibility index (Phi) is 3.60. The third kappa shape index (κ3) is 2.79. The van der Waals surface area contributed by atoms with Crippen molar-refractivity contribution >= 4 is 11.7 Å². The zero-order valence-corrected chi connectivity index (χ0v) is 15.2. The predicted molar refractivity (Wildman–Crippen MR) is 93.3 cm³/mol.